The topological polar surface area (TPSA) is 108 Å². The first-order valence-electron chi connectivity index (χ1n) is 17.9. The van der Waals surface area contributed by atoms with E-state index < -0.39 is 38.6 Å². The molecule has 0 fully saturated rings. The summed E-state index contributed by atoms with van der Waals surface area (Å²) in [7, 11) is 0.190. The number of benzene rings is 4. The second-order valence-corrected chi connectivity index (χ2v) is 18.4. The summed E-state index contributed by atoms with van der Waals surface area (Å²) in [5, 5.41) is 1.86. The third-order valence-electron chi connectivity index (χ3n) is 9.24. The second-order valence-electron chi connectivity index (χ2n) is 14.1. The van der Waals surface area contributed by atoms with Crippen LogP contribution in [0.1, 0.15) is 38.8 Å². The van der Waals surface area contributed by atoms with Crippen molar-refractivity contribution >= 4 is 30.6 Å². The van der Waals surface area contributed by atoms with Crippen LogP contribution in [0.4, 0.5) is 0 Å². The summed E-state index contributed by atoms with van der Waals surface area (Å²) < 4.78 is 47.3. The molecule has 0 N–H and O–H groups in total. The highest BCUT2D eigenvalue weighted by Crippen LogP contribution is 2.37. The fourth-order valence-corrected chi connectivity index (χ4v) is 11.1. The molecule has 1 aliphatic rings. The van der Waals surface area contributed by atoms with Crippen molar-refractivity contribution in [2.24, 2.45) is 0 Å². The molecule has 0 bridgehead atoms. The number of carbonyl (C=O) groups is 2. The first-order chi connectivity index (χ1) is 26.0. The van der Waals surface area contributed by atoms with Crippen molar-refractivity contribution in [2.45, 2.75) is 64.3 Å². The summed E-state index contributed by atoms with van der Waals surface area (Å²) in [6.45, 7) is 8.08. The van der Waals surface area contributed by atoms with Crippen molar-refractivity contribution in [3.05, 3.63) is 132 Å². The van der Waals surface area contributed by atoms with Gasteiger partial charge in [0.25, 0.3) is 8.32 Å². The Morgan fingerprint density at radius 3 is 1.57 bits per heavy atom. The fourth-order valence-electron chi connectivity index (χ4n) is 6.50. The average molecular weight is 755 g/mol. The fraction of sp³-hybridized carbons (Fsp3) is 0.349. The molecule has 1 aliphatic heterocycles. The smallest absolute Gasteiger partial charge is 0.332 e. The number of hydrogen-bond acceptors (Lipinski definition) is 10. The summed E-state index contributed by atoms with van der Waals surface area (Å²) in [4.78, 5) is 26.7. The minimum Gasteiger partial charge on any atom is -0.497 e. The van der Waals surface area contributed by atoms with E-state index in [0.717, 1.165) is 33.0 Å². The molecule has 11 heteroatoms. The van der Waals surface area contributed by atoms with Crippen LogP contribution in [0.5, 0.6) is 11.5 Å². The Hall–Kier alpha value is -4.94. The van der Waals surface area contributed by atoms with Crippen molar-refractivity contribution in [1.29, 1.82) is 0 Å². The Labute approximate surface area is 319 Å². The number of hydrogen-bond donors (Lipinski definition) is 0. The van der Waals surface area contributed by atoms with Crippen molar-refractivity contribution in [3.8, 4) is 11.5 Å². The van der Waals surface area contributed by atoms with Crippen molar-refractivity contribution < 1.29 is 47.2 Å². The molecule has 286 valence electrons. The third-order valence-corrected chi connectivity index (χ3v) is 14.2. The molecule has 0 unspecified atom stereocenters. The quantitative estimate of drug-likeness (QED) is 0.0922. The molecular formula is C43H50O10Si. The van der Waals surface area contributed by atoms with Crippen LogP contribution >= 0.6 is 0 Å². The van der Waals surface area contributed by atoms with E-state index in [9.17, 15) is 9.59 Å². The molecule has 10 nitrogen and oxygen atoms in total. The largest absolute Gasteiger partial charge is 0.497 e. The zero-order valence-corrected chi connectivity index (χ0v) is 32.8. The van der Waals surface area contributed by atoms with Crippen molar-refractivity contribution in [3.63, 3.8) is 0 Å². The maximum absolute atomic E-state index is 13.4. The van der Waals surface area contributed by atoms with Gasteiger partial charge in [0, 0.05) is 5.57 Å². The Balaban J connectivity index is 1.35. The summed E-state index contributed by atoms with van der Waals surface area (Å²) in [5.41, 5.74) is 2.30. The van der Waals surface area contributed by atoms with E-state index in [1.54, 1.807) is 27.4 Å². The van der Waals surface area contributed by atoms with Gasteiger partial charge >= 0.3 is 11.9 Å². The summed E-state index contributed by atoms with van der Waals surface area (Å²) >= 11 is 0. The average Bonchev–Trinajstić information content (AvgIpc) is 3.18. The lowest BCUT2D eigenvalue weighted by molar-refractivity contribution is -0.185. The lowest BCUT2D eigenvalue weighted by Crippen LogP contribution is -2.67. The van der Waals surface area contributed by atoms with Gasteiger partial charge in [-0.15, -0.1) is 0 Å². The minimum absolute atomic E-state index is 0.0454. The molecule has 1 heterocycles. The van der Waals surface area contributed by atoms with Gasteiger partial charge in [-0.05, 0) is 57.7 Å². The Kier molecular flexibility index (Phi) is 14.1. The lowest BCUT2D eigenvalue weighted by atomic mass is 10.00. The first kappa shape index (κ1) is 40.2. The van der Waals surface area contributed by atoms with Gasteiger partial charge in [-0.2, -0.15) is 0 Å². The molecule has 54 heavy (non-hydrogen) atoms. The van der Waals surface area contributed by atoms with E-state index in [1.165, 1.54) is 0 Å². The molecule has 4 aromatic carbocycles. The zero-order chi connectivity index (χ0) is 38.6. The lowest BCUT2D eigenvalue weighted by Gasteiger charge is -2.44. The molecule has 0 aliphatic carbocycles. The van der Waals surface area contributed by atoms with E-state index >= 15 is 0 Å². The molecule has 0 saturated heterocycles. The maximum atomic E-state index is 13.4. The van der Waals surface area contributed by atoms with Crippen LogP contribution < -0.4 is 19.8 Å². The van der Waals surface area contributed by atoms with Crippen LogP contribution in [0.25, 0.3) is 0 Å². The number of methoxy groups -OCH3 is 2. The van der Waals surface area contributed by atoms with Gasteiger partial charge in [-0.1, -0.05) is 106 Å². The number of ether oxygens (including phenoxy) is 7. The monoisotopic (exact) mass is 754 g/mol. The summed E-state index contributed by atoms with van der Waals surface area (Å²) in [6.07, 6.45) is -1.29. The highest BCUT2D eigenvalue weighted by molar-refractivity contribution is 6.99. The SMILES string of the molecule is COc1ccc(COCC(=O)O[C@H]2[C@H](OC(=O)COCc3ccc(OC)cc3)C(C)=CO[C@@H]2CO[Si](c2ccccc2)(c2ccccc2)C(C)(C)C)cc1. The van der Waals surface area contributed by atoms with Gasteiger partial charge < -0.3 is 37.6 Å². The second kappa shape index (κ2) is 18.9. The van der Waals surface area contributed by atoms with E-state index in [1.807, 2.05) is 84.9 Å². The van der Waals surface area contributed by atoms with Gasteiger partial charge in [-0.25, -0.2) is 9.59 Å². The highest BCUT2D eigenvalue weighted by Gasteiger charge is 2.52. The Bertz CT molecular complexity index is 1770. The van der Waals surface area contributed by atoms with Gasteiger partial charge in [0.15, 0.2) is 18.3 Å². The first-order valence-corrected chi connectivity index (χ1v) is 19.8. The van der Waals surface area contributed by atoms with Crippen LogP contribution in [0, 0.1) is 0 Å². The standard InChI is InChI=1S/C43H50O10Si/c1-31-25-50-38(28-51-54(43(2,3)4,36-13-9-7-10-14-36)37-15-11-8-12-16-37)42(53-40(45)30-49-27-33-19-23-35(47-6)24-20-33)41(31)52-39(44)29-48-26-32-17-21-34(46-5)22-18-32/h7-25,38,41-42H,26-30H2,1-6H3/t38-,41-,42-/m1/s1. The summed E-state index contributed by atoms with van der Waals surface area (Å²) in [5.74, 6) is 0.183. The molecule has 4 aromatic rings. The van der Waals surface area contributed by atoms with E-state index in [4.69, 9.17) is 37.6 Å². The van der Waals surface area contributed by atoms with Crippen LogP contribution in [0.2, 0.25) is 5.04 Å². The molecule has 3 atom stereocenters. The van der Waals surface area contributed by atoms with Gasteiger partial charge in [0.05, 0.1) is 40.3 Å². The van der Waals surface area contributed by atoms with E-state index in [0.29, 0.717) is 5.57 Å². The molecule has 0 amide bonds. The van der Waals surface area contributed by atoms with Gasteiger partial charge in [0.1, 0.15) is 24.7 Å². The predicted molar refractivity (Wildman–Crippen MR) is 207 cm³/mol. The molecule has 0 saturated carbocycles. The number of rotatable bonds is 17. The Morgan fingerprint density at radius 1 is 0.667 bits per heavy atom. The molecule has 5 rings (SSSR count). The highest BCUT2D eigenvalue weighted by atomic mass is 28.4. The maximum Gasteiger partial charge on any atom is 0.332 e. The van der Waals surface area contributed by atoms with Gasteiger partial charge in [-0.3, -0.25) is 0 Å². The van der Waals surface area contributed by atoms with Crippen LogP contribution in [0.15, 0.2) is 121 Å². The zero-order valence-electron chi connectivity index (χ0n) is 31.8. The molecule has 0 radical (unpaired) electrons. The van der Waals surface area contributed by atoms with Crippen LogP contribution in [-0.4, -0.2) is 72.6 Å². The third kappa shape index (κ3) is 10.2. The van der Waals surface area contributed by atoms with E-state index in [-0.39, 0.29) is 38.1 Å². The minimum atomic E-state index is -3.01. The molecule has 0 spiro atoms. The van der Waals surface area contributed by atoms with Crippen LogP contribution in [0.3, 0.4) is 0 Å². The number of esters is 2. The van der Waals surface area contributed by atoms with Gasteiger partial charge in [0.2, 0.25) is 0 Å². The molecular weight excluding hydrogens is 705 g/mol. The summed E-state index contributed by atoms with van der Waals surface area (Å²) in [6, 6.07) is 35.2. The van der Waals surface area contributed by atoms with Crippen molar-refractivity contribution in [1.82, 2.24) is 0 Å². The van der Waals surface area contributed by atoms with Crippen molar-refractivity contribution in [2.75, 3.05) is 34.0 Å². The molecule has 0 aromatic heterocycles. The number of carbonyl (C=O) groups excluding carboxylic acids is 2. The van der Waals surface area contributed by atoms with E-state index in [2.05, 4.69) is 45.0 Å². The normalized spacial score (nSPS) is 17.1. The van der Waals surface area contributed by atoms with Crippen LogP contribution in [-0.2, 0) is 50.9 Å². The Morgan fingerprint density at radius 2 is 1.13 bits per heavy atom. The predicted octanol–water partition coefficient (Wildman–Crippen LogP) is 6.14.